The van der Waals surface area contributed by atoms with Crippen LogP contribution in [0.2, 0.25) is 0 Å². The van der Waals surface area contributed by atoms with E-state index in [0.29, 0.717) is 5.56 Å². The minimum Gasteiger partial charge on any atom is -0.478 e. The molecule has 22 heavy (non-hydrogen) atoms. The number of nitrogens with one attached hydrogen (secondary N) is 1. The van der Waals surface area contributed by atoms with Crippen molar-refractivity contribution in [3.63, 3.8) is 0 Å². The molecule has 112 valence electrons. The van der Waals surface area contributed by atoms with Gasteiger partial charge in [0.15, 0.2) is 0 Å². The van der Waals surface area contributed by atoms with Crippen LogP contribution in [0.25, 0.3) is 0 Å². The molecular weight excluding hydrogens is 356 g/mol. The van der Waals surface area contributed by atoms with Crippen molar-refractivity contribution in [1.29, 1.82) is 0 Å². The molecule has 0 atom stereocenters. The number of anilines is 1. The van der Waals surface area contributed by atoms with E-state index in [2.05, 4.69) is 21.2 Å². The van der Waals surface area contributed by atoms with Crippen LogP contribution < -0.4 is 5.32 Å². The largest absolute Gasteiger partial charge is 0.478 e. The summed E-state index contributed by atoms with van der Waals surface area (Å²) in [6, 6.07) is 9.68. The molecule has 0 aliphatic heterocycles. The summed E-state index contributed by atoms with van der Waals surface area (Å²) in [4.78, 5) is 33.2. The Balaban J connectivity index is 2.32. The molecule has 2 aromatic rings. The number of carbonyl (C=O) groups is 2. The summed E-state index contributed by atoms with van der Waals surface area (Å²) in [6.45, 7) is 0. The third kappa shape index (κ3) is 3.47. The molecule has 2 aromatic carbocycles. The van der Waals surface area contributed by atoms with Crippen LogP contribution in [0.15, 0.2) is 46.9 Å². The highest BCUT2D eigenvalue weighted by Crippen LogP contribution is 2.23. The molecule has 0 heterocycles. The number of carboxylic acids is 1. The molecule has 0 bridgehead atoms. The predicted molar refractivity (Wildman–Crippen MR) is 82.2 cm³/mol. The fourth-order valence-electron chi connectivity index (χ4n) is 1.73. The van der Waals surface area contributed by atoms with Crippen LogP contribution >= 0.6 is 15.9 Å². The lowest BCUT2D eigenvalue weighted by molar-refractivity contribution is -0.384. The highest BCUT2D eigenvalue weighted by molar-refractivity contribution is 9.10. The highest BCUT2D eigenvalue weighted by atomic mass is 79.9. The minimum absolute atomic E-state index is 0.00832. The van der Waals surface area contributed by atoms with E-state index in [4.69, 9.17) is 5.11 Å². The lowest BCUT2D eigenvalue weighted by Crippen LogP contribution is -2.15. The minimum atomic E-state index is -1.37. The van der Waals surface area contributed by atoms with E-state index in [9.17, 15) is 19.7 Å². The van der Waals surface area contributed by atoms with Crippen LogP contribution in [0.3, 0.4) is 0 Å². The van der Waals surface area contributed by atoms with Gasteiger partial charge >= 0.3 is 5.97 Å². The Morgan fingerprint density at radius 2 is 1.77 bits per heavy atom. The molecule has 8 heteroatoms. The molecule has 0 aromatic heterocycles. The van der Waals surface area contributed by atoms with Gasteiger partial charge in [0.2, 0.25) is 0 Å². The first-order valence-electron chi connectivity index (χ1n) is 5.97. The Bertz CT molecular complexity index is 758. The van der Waals surface area contributed by atoms with Gasteiger partial charge in [0.05, 0.1) is 16.2 Å². The number of aromatic carboxylic acids is 1. The second-order valence-corrected chi connectivity index (χ2v) is 5.17. The number of halogens is 1. The molecule has 2 N–H and O–H groups in total. The van der Waals surface area contributed by atoms with Gasteiger partial charge in [-0.15, -0.1) is 0 Å². The highest BCUT2D eigenvalue weighted by Gasteiger charge is 2.18. The molecule has 0 saturated carbocycles. The van der Waals surface area contributed by atoms with Crippen LogP contribution in [-0.2, 0) is 0 Å². The number of amides is 1. The monoisotopic (exact) mass is 364 g/mol. The summed E-state index contributed by atoms with van der Waals surface area (Å²) in [6.07, 6.45) is 0. The number of nitrogens with zero attached hydrogens (tertiary/aromatic N) is 1. The van der Waals surface area contributed by atoms with Crippen LogP contribution in [0, 0.1) is 10.1 Å². The molecule has 0 spiro atoms. The summed E-state index contributed by atoms with van der Waals surface area (Å²) in [5, 5.41) is 22.2. The van der Waals surface area contributed by atoms with Crippen molar-refractivity contribution in [2.75, 3.05) is 5.32 Å². The van der Waals surface area contributed by atoms with Crippen LogP contribution in [0.5, 0.6) is 0 Å². The van der Waals surface area contributed by atoms with Crippen LogP contribution in [0.1, 0.15) is 20.7 Å². The molecule has 0 fully saturated rings. The summed E-state index contributed by atoms with van der Waals surface area (Å²) in [5.74, 6) is -1.88. The van der Waals surface area contributed by atoms with Gasteiger partial charge in [0.25, 0.3) is 11.6 Å². The maximum atomic E-state index is 12.1. The number of carbonyl (C=O) groups excluding carboxylic acids is 1. The maximum absolute atomic E-state index is 12.1. The van der Waals surface area contributed by atoms with E-state index in [0.717, 1.165) is 16.6 Å². The van der Waals surface area contributed by atoms with Crippen LogP contribution in [0.4, 0.5) is 11.4 Å². The Morgan fingerprint density at radius 1 is 1.14 bits per heavy atom. The molecule has 7 nitrogen and oxygen atoms in total. The molecule has 0 radical (unpaired) electrons. The molecule has 0 saturated heterocycles. The van der Waals surface area contributed by atoms with Crippen molar-refractivity contribution in [1.82, 2.24) is 0 Å². The lowest BCUT2D eigenvalue weighted by atomic mass is 10.1. The van der Waals surface area contributed by atoms with E-state index < -0.39 is 16.8 Å². The van der Waals surface area contributed by atoms with Gasteiger partial charge in [-0.3, -0.25) is 14.9 Å². The van der Waals surface area contributed by atoms with Gasteiger partial charge in [-0.25, -0.2) is 4.79 Å². The average molecular weight is 365 g/mol. The number of hydrogen-bond donors (Lipinski definition) is 2. The fourth-order valence-corrected chi connectivity index (χ4v) is 1.99. The Kier molecular flexibility index (Phi) is 4.52. The second-order valence-electron chi connectivity index (χ2n) is 4.25. The zero-order chi connectivity index (χ0) is 16.3. The third-order valence-electron chi connectivity index (χ3n) is 2.80. The second kappa shape index (κ2) is 6.35. The summed E-state index contributed by atoms with van der Waals surface area (Å²) in [5.41, 5.74) is -0.386. The van der Waals surface area contributed by atoms with Crippen molar-refractivity contribution in [2.24, 2.45) is 0 Å². The van der Waals surface area contributed by atoms with Gasteiger partial charge in [-0.2, -0.15) is 0 Å². The molecular formula is C14H9BrN2O5. The third-order valence-corrected chi connectivity index (χ3v) is 3.33. The zero-order valence-corrected chi connectivity index (χ0v) is 12.5. The zero-order valence-electron chi connectivity index (χ0n) is 10.9. The van der Waals surface area contributed by atoms with Gasteiger partial charge in [-0.1, -0.05) is 15.9 Å². The summed E-state index contributed by atoms with van der Waals surface area (Å²) < 4.78 is 0.797. The smallest absolute Gasteiger partial charge is 0.338 e. The average Bonchev–Trinajstić information content (AvgIpc) is 2.47. The first kappa shape index (κ1) is 15.6. The predicted octanol–water partition coefficient (Wildman–Crippen LogP) is 3.31. The molecule has 0 aliphatic rings. The van der Waals surface area contributed by atoms with E-state index in [1.807, 2.05) is 0 Å². The normalized spacial score (nSPS) is 10.0. The van der Waals surface area contributed by atoms with Crippen LogP contribution in [-0.4, -0.2) is 21.9 Å². The van der Waals surface area contributed by atoms with Crippen molar-refractivity contribution in [2.45, 2.75) is 0 Å². The Hall–Kier alpha value is -2.74. The van der Waals surface area contributed by atoms with E-state index in [1.54, 1.807) is 24.3 Å². The molecule has 2 rings (SSSR count). The number of benzene rings is 2. The van der Waals surface area contributed by atoms with Crippen molar-refractivity contribution < 1.29 is 19.6 Å². The molecule has 1 amide bonds. The first-order chi connectivity index (χ1) is 10.4. The number of rotatable bonds is 4. The van der Waals surface area contributed by atoms with Crippen molar-refractivity contribution in [3.8, 4) is 0 Å². The molecule has 0 unspecified atom stereocenters. The van der Waals surface area contributed by atoms with Crippen molar-refractivity contribution >= 4 is 39.2 Å². The first-order valence-corrected chi connectivity index (χ1v) is 6.76. The number of nitro groups is 1. The lowest BCUT2D eigenvalue weighted by Gasteiger charge is -2.08. The SMILES string of the molecule is O=C(Nc1ccc([N+](=O)[O-])cc1C(=O)O)c1ccc(Br)cc1. The maximum Gasteiger partial charge on any atom is 0.338 e. The number of non-ortho nitro benzene ring substituents is 1. The van der Waals surface area contributed by atoms with E-state index >= 15 is 0 Å². The number of carboxylic acid groups (broad SMARTS) is 1. The summed E-state index contributed by atoms with van der Waals surface area (Å²) in [7, 11) is 0. The van der Waals surface area contributed by atoms with Gasteiger partial charge < -0.3 is 10.4 Å². The Labute approximate surface area is 132 Å². The van der Waals surface area contributed by atoms with Gasteiger partial charge in [0.1, 0.15) is 0 Å². The standard InChI is InChI=1S/C14H9BrN2O5/c15-9-3-1-8(2-4-9)13(18)16-12-6-5-10(17(21)22)7-11(12)14(19)20/h1-7H,(H,16,18)(H,19,20). The fraction of sp³-hybridized carbons (Fsp3) is 0. The topological polar surface area (TPSA) is 110 Å². The van der Waals surface area contributed by atoms with E-state index in [-0.39, 0.29) is 16.9 Å². The number of nitro benzene ring substituents is 1. The number of hydrogen-bond acceptors (Lipinski definition) is 4. The molecule has 0 aliphatic carbocycles. The van der Waals surface area contributed by atoms with E-state index in [1.165, 1.54) is 6.07 Å². The quantitative estimate of drug-likeness (QED) is 0.638. The van der Waals surface area contributed by atoms with Gasteiger partial charge in [0, 0.05) is 22.2 Å². The van der Waals surface area contributed by atoms with Gasteiger partial charge in [-0.05, 0) is 30.3 Å². The summed E-state index contributed by atoms with van der Waals surface area (Å²) >= 11 is 3.24. The van der Waals surface area contributed by atoms with Crippen molar-refractivity contribution in [3.05, 3.63) is 68.2 Å². The Morgan fingerprint density at radius 3 is 2.32 bits per heavy atom.